The van der Waals surface area contributed by atoms with Crippen LogP contribution >= 0.6 is 11.8 Å². The van der Waals surface area contributed by atoms with Crippen LogP contribution in [0, 0.1) is 6.92 Å². The van der Waals surface area contributed by atoms with Gasteiger partial charge >= 0.3 is 0 Å². The van der Waals surface area contributed by atoms with Gasteiger partial charge in [0.05, 0.1) is 12.1 Å². The molecule has 0 bridgehead atoms. The zero-order valence-corrected chi connectivity index (χ0v) is 14.9. The molecule has 0 aliphatic rings. The molecule has 0 saturated carbocycles. The summed E-state index contributed by atoms with van der Waals surface area (Å²) in [6.45, 7) is 2.78. The molecule has 0 aliphatic carbocycles. The molecule has 0 radical (unpaired) electrons. The van der Waals surface area contributed by atoms with Gasteiger partial charge in [-0.3, -0.25) is 4.40 Å². The summed E-state index contributed by atoms with van der Waals surface area (Å²) in [6.07, 6.45) is 0.957. The number of ether oxygens (including phenoxy) is 1. The standard InChI is InChI=1S/C20H19N3OS/c1-15-6-4-8-17(14-15)24-12-5-13-25-20-22-21-19-11-10-16-7-2-3-9-18(16)23(19)20/h2-4,6-11,14H,5,12-13H2,1H3. The first-order valence-electron chi connectivity index (χ1n) is 8.36. The second-order valence-electron chi connectivity index (χ2n) is 5.94. The lowest BCUT2D eigenvalue weighted by Gasteiger charge is -2.07. The van der Waals surface area contributed by atoms with Crippen LogP contribution in [0.1, 0.15) is 12.0 Å². The summed E-state index contributed by atoms with van der Waals surface area (Å²) in [5, 5.41) is 10.8. The van der Waals surface area contributed by atoms with Crippen LogP contribution in [0.4, 0.5) is 0 Å². The van der Waals surface area contributed by atoms with Gasteiger partial charge in [0.1, 0.15) is 5.75 Å². The van der Waals surface area contributed by atoms with Crippen molar-refractivity contribution >= 4 is 28.3 Å². The van der Waals surface area contributed by atoms with Crippen molar-refractivity contribution < 1.29 is 4.74 Å². The van der Waals surface area contributed by atoms with E-state index in [0.29, 0.717) is 6.61 Å². The van der Waals surface area contributed by atoms with Crippen LogP contribution in [-0.2, 0) is 0 Å². The van der Waals surface area contributed by atoms with E-state index >= 15 is 0 Å². The third-order valence-electron chi connectivity index (χ3n) is 4.03. The fourth-order valence-electron chi connectivity index (χ4n) is 2.82. The van der Waals surface area contributed by atoms with E-state index in [4.69, 9.17) is 4.74 Å². The Morgan fingerprint density at radius 3 is 2.84 bits per heavy atom. The lowest BCUT2D eigenvalue weighted by Crippen LogP contribution is -1.99. The Morgan fingerprint density at radius 2 is 1.92 bits per heavy atom. The summed E-state index contributed by atoms with van der Waals surface area (Å²) >= 11 is 1.72. The van der Waals surface area contributed by atoms with Crippen molar-refractivity contribution in [3.63, 3.8) is 0 Å². The van der Waals surface area contributed by atoms with Gasteiger partial charge in [-0.2, -0.15) is 0 Å². The Hall–Kier alpha value is -2.53. The predicted octanol–water partition coefficient (Wildman–Crippen LogP) is 4.75. The number of hydrogen-bond donors (Lipinski definition) is 0. The van der Waals surface area contributed by atoms with Crippen LogP contribution < -0.4 is 4.74 Å². The van der Waals surface area contributed by atoms with Gasteiger partial charge in [-0.25, -0.2) is 0 Å². The van der Waals surface area contributed by atoms with Crippen LogP contribution in [0.5, 0.6) is 5.75 Å². The number of aromatic nitrogens is 3. The molecular weight excluding hydrogens is 330 g/mol. The molecule has 0 atom stereocenters. The number of benzene rings is 2. The number of thioether (sulfide) groups is 1. The van der Waals surface area contributed by atoms with Gasteiger partial charge in [0.2, 0.25) is 0 Å². The molecule has 0 aliphatic heterocycles. The Bertz CT molecular complexity index is 1010. The Labute approximate surface area is 150 Å². The van der Waals surface area contributed by atoms with E-state index in [1.807, 2.05) is 30.3 Å². The smallest absolute Gasteiger partial charge is 0.196 e. The number of para-hydroxylation sites is 1. The van der Waals surface area contributed by atoms with Gasteiger partial charge < -0.3 is 4.74 Å². The van der Waals surface area contributed by atoms with Gasteiger partial charge in [0, 0.05) is 5.75 Å². The second kappa shape index (κ2) is 7.15. The molecule has 0 N–H and O–H groups in total. The number of rotatable bonds is 6. The Kier molecular flexibility index (Phi) is 4.57. The lowest BCUT2D eigenvalue weighted by molar-refractivity contribution is 0.318. The van der Waals surface area contributed by atoms with Crippen molar-refractivity contribution in [3.05, 3.63) is 66.2 Å². The first-order valence-corrected chi connectivity index (χ1v) is 9.35. The molecule has 25 heavy (non-hydrogen) atoms. The quantitative estimate of drug-likeness (QED) is 0.372. The summed E-state index contributed by atoms with van der Waals surface area (Å²) in [7, 11) is 0. The Balaban J connectivity index is 1.41. The highest BCUT2D eigenvalue weighted by Gasteiger charge is 2.09. The third-order valence-corrected chi connectivity index (χ3v) is 5.04. The summed E-state index contributed by atoms with van der Waals surface area (Å²) < 4.78 is 7.93. The average molecular weight is 349 g/mol. The van der Waals surface area contributed by atoms with Crippen molar-refractivity contribution in [2.24, 2.45) is 0 Å². The van der Waals surface area contributed by atoms with Crippen molar-refractivity contribution in [1.29, 1.82) is 0 Å². The van der Waals surface area contributed by atoms with E-state index in [2.05, 4.69) is 51.9 Å². The molecule has 5 heteroatoms. The predicted molar refractivity (Wildman–Crippen MR) is 103 cm³/mol. The molecule has 2 aromatic heterocycles. The fourth-order valence-corrected chi connectivity index (χ4v) is 3.69. The lowest BCUT2D eigenvalue weighted by atomic mass is 10.2. The molecule has 4 rings (SSSR count). The fraction of sp³-hybridized carbons (Fsp3) is 0.200. The first kappa shape index (κ1) is 16.0. The second-order valence-corrected chi connectivity index (χ2v) is 7.00. The van der Waals surface area contributed by atoms with Crippen LogP contribution in [0.3, 0.4) is 0 Å². The molecule has 2 aromatic carbocycles. The number of pyridine rings is 1. The van der Waals surface area contributed by atoms with Crippen molar-refractivity contribution in [3.8, 4) is 5.75 Å². The van der Waals surface area contributed by atoms with Crippen LogP contribution in [-0.4, -0.2) is 27.0 Å². The largest absolute Gasteiger partial charge is 0.494 e. The van der Waals surface area contributed by atoms with E-state index in [0.717, 1.165) is 34.2 Å². The highest BCUT2D eigenvalue weighted by molar-refractivity contribution is 7.99. The van der Waals surface area contributed by atoms with Gasteiger partial charge in [-0.15, -0.1) is 10.2 Å². The summed E-state index contributed by atoms with van der Waals surface area (Å²) in [5.74, 6) is 1.87. The minimum atomic E-state index is 0.702. The zero-order chi connectivity index (χ0) is 17.1. The Morgan fingerprint density at radius 1 is 1.00 bits per heavy atom. The van der Waals surface area contributed by atoms with Crippen molar-refractivity contribution in [2.75, 3.05) is 12.4 Å². The van der Waals surface area contributed by atoms with Crippen molar-refractivity contribution in [2.45, 2.75) is 18.5 Å². The first-order chi connectivity index (χ1) is 12.3. The molecule has 4 aromatic rings. The van der Waals surface area contributed by atoms with E-state index in [-0.39, 0.29) is 0 Å². The summed E-state index contributed by atoms with van der Waals surface area (Å²) in [4.78, 5) is 0. The van der Waals surface area contributed by atoms with E-state index < -0.39 is 0 Å². The highest BCUT2D eigenvalue weighted by Crippen LogP contribution is 2.23. The van der Waals surface area contributed by atoms with Crippen molar-refractivity contribution in [1.82, 2.24) is 14.6 Å². The zero-order valence-electron chi connectivity index (χ0n) is 14.1. The number of nitrogens with zero attached hydrogens (tertiary/aromatic N) is 3. The molecule has 126 valence electrons. The maximum atomic E-state index is 5.81. The molecule has 2 heterocycles. The highest BCUT2D eigenvalue weighted by atomic mass is 32.2. The maximum Gasteiger partial charge on any atom is 0.196 e. The van der Waals surface area contributed by atoms with Crippen LogP contribution in [0.2, 0.25) is 0 Å². The molecular formula is C20H19N3OS. The summed E-state index contributed by atoms with van der Waals surface area (Å²) in [5.41, 5.74) is 3.24. The normalized spacial score (nSPS) is 11.2. The molecule has 0 saturated heterocycles. The minimum absolute atomic E-state index is 0.702. The SMILES string of the molecule is Cc1cccc(OCCCSc2nnc3ccc4ccccc4n23)c1. The van der Waals surface area contributed by atoms with Gasteiger partial charge in [-0.05, 0) is 54.6 Å². The van der Waals surface area contributed by atoms with Gasteiger partial charge in [0.15, 0.2) is 10.8 Å². The van der Waals surface area contributed by atoms with Gasteiger partial charge in [-0.1, -0.05) is 42.1 Å². The number of aryl methyl sites for hydroxylation is 1. The molecule has 0 amide bonds. The van der Waals surface area contributed by atoms with E-state index in [9.17, 15) is 0 Å². The van der Waals surface area contributed by atoms with E-state index in [1.54, 1.807) is 11.8 Å². The van der Waals surface area contributed by atoms with Crippen LogP contribution in [0.15, 0.2) is 65.8 Å². The van der Waals surface area contributed by atoms with Gasteiger partial charge in [0.25, 0.3) is 0 Å². The maximum absolute atomic E-state index is 5.81. The molecule has 4 nitrogen and oxygen atoms in total. The topological polar surface area (TPSA) is 39.4 Å². The van der Waals surface area contributed by atoms with Crippen LogP contribution in [0.25, 0.3) is 16.6 Å². The molecule has 0 spiro atoms. The third kappa shape index (κ3) is 3.46. The average Bonchev–Trinajstić information content (AvgIpc) is 3.05. The molecule has 0 unspecified atom stereocenters. The molecule has 0 fully saturated rings. The van der Waals surface area contributed by atoms with E-state index in [1.165, 1.54) is 10.9 Å². The monoisotopic (exact) mass is 349 g/mol. The number of hydrogen-bond acceptors (Lipinski definition) is 4. The minimum Gasteiger partial charge on any atom is -0.494 e. The summed E-state index contributed by atoms with van der Waals surface area (Å²) in [6, 6.07) is 20.6. The number of fused-ring (bicyclic) bond motifs is 3.